The van der Waals surface area contributed by atoms with Gasteiger partial charge in [-0.2, -0.15) is 5.10 Å². The van der Waals surface area contributed by atoms with Crippen molar-refractivity contribution >= 4 is 46.5 Å². The average molecular weight is 411 g/mol. The molecular weight excluding hydrogens is 397 g/mol. The number of nitrogens with zero attached hydrogens (tertiary/aromatic N) is 2. The lowest BCUT2D eigenvalue weighted by atomic mass is 10.2. The normalized spacial score (nSPS) is 10.6. The van der Waals surface area contributed by atoms with E-state index in [0.29, 0.717) is 32.9 Å². The van der Waals surface area contributed by atoms with Gasteiger partial charge in [0, 0.05) is 6.20 Å². The van der Waals surface area contributed by atoms with Crippen molar-refractivity contribution in [1.82, 2.24) is 9.78 Å². The Balaban J connectivity index is 1.77. The molecule has 0 aliphatic carbocycles. The van der Waals surface area contributed by atoms with E-state index in [9.17, 15) is 4.79 Å². The number of aromatic nitrogens is 2. The fourth-order valence-corrected chi connectivity index (χ4v) is 2.91. The molecular formula is C18H14Cl3N3O2. The molecule has 0 aliphatic heterocycles. The van der Waals surface area contributed by atoms with Gasteiger partial charge in [0.1, 0.15) is 10.8 Å². The first-order chi connectivity index (χ1) is 12.5. The summed E-state index contributed by atoms with van der Waals surface area (Å²) in [5, 5.41) is 8.29. The summed E-state index contributed by atoms with van der Waals surface area (Å²) in [6.07, 6.45) is 1.63. The van der Waals surface area contributed by atoms with Crippen molar-refractivity contribution in [1.29, 1.82) is 0 Å². The van der Waals surface area contributed by atoms with Gasteiger partial charge in [-0.3, -0.25) is 9.48 Å². The molecule has 0 unspecified atom stereocenters. The third-order valence-electron chi connectivity index (χ3n) is 3.63. The lowest BCUT2D eigenvalue weighted by Crippen LogP contribution is -2.14. The Morgan fingerprint density at radius 1 is 1.12 bits per heavy atom. The monoisotopic (exact) mass is 409 g/mol. The fraction of sp³-hybridized carbons (Fsp3) is 0.111. The van der Waals surface area contributed by atoms with E-state index in [4.69, 9.17) is 39.5 Å². The van der Waals surface area contributed by atoms with Crippen LogP contribution in [-0.4, -0.2) is 22.8 Å². The Hall–Kier alpha value is -2.21. The number of ether oxygens (including phenoxy) is 1. The van der Waals surface area contributed by atoms with Crippen molar-refractivity contribution in [2.45, 2.75) is 6.54 Å². The molecule has 0 spiro atoms. The first-order valence-corrected chi connectivity index (χ1v) is 8.72. The summed E-state index contributed by atoms with van der Waals surface area (Å²) in [5.74, 6) is 0.378. The van der Waals surface area contributed by atoms with Crippen molar-refractivity contribution in [3.63, 3.8) is 0 Å². The highest BCUT2D eigenvalue weighted by Crippen LogP contribution is 2.25. The number of carbonyl (C=O) groups is 1. The molecule has 5 nitrogen and oxygen atoms in total. The molecule has 0 aliphatic rings. The van der Waals surface area contributed by atoms with Crippen LogP contribution in [0.2, 0.25) is 15.1 Å². The zero-order valence-corrected chi connectivity index (χ0v) is 15.9. The highest BCUT2D eigenvalue weighted by molar-refractivity contribution is 6.42. The van der Waals surface area contributed by atoms with Gasteiger partial charge in [0.2, 0.25) is 0 Å². The molecule has 1 heterocycles. The van der Waals surface area contributed by atoms with Crippen LogP contribution in [-0.2, 0) is 6.54 Å². The molecule has 3 rings (SSSR count). The van der Waals surface area contributed by atoms with Gasteiger partial charge in [-0.1, -0.05) is 53.0 Å². The van der Waals surface area contributed by atoms with Crippen LogP contribution in [0.4, 0.5) is 5.82 Å². The van der Waals surface area contributed by atoms with E-state index in [1.54, 1.807) is 47.3 Å². The summed E-state index contributed by atoms with van der Waals surface area (Å²) >= 11 is 18.1. The molecule has 134 valence electrons. The van der Waals surface area contributed by atoms with Gasteiger partial charge in [0.15, 0.2) is 5.82 Å². The molecule has 1 amide bonds. The third-order valence-corrected chi connectivity index (χ3v) is 4.64. The smallest absolute Gasteiger partial charge is 0.260 e. The minimum atomic E-state index is -0.357. The molecule has 0 radical (unpaired) electrons. The molecule has 0 saturated heterocycles. The summed E-state index contributed by atoms with van der Waals surface area (Å²) in [6, 6.07) is 12.2. The third kappa shape index (κ3) is 4.12. The van der Waals surface area contributed by atoms with Gasteiger partial charge >= 0.3 is 0 Å². The number of anilines is 1. The molecule has 0 bridgehead atoms. The molecule has 0 atom stereocenters. The molecule has 0 saturated carbocycles. The second kappa shape index (κ2) is 7.99. The number of carbonyl (C=O) groups excluding carboxylic acids is 1. The van der Waals surface area contributed by atoms with Gasteiger partial charge in [-0.05, 0) is 29.8 Å². The number of para-hydroxylation sites is 1. The zero-order valence-electron chi connectivity index (χ0n) is 13.7. The van der Waals surface area contributed by atoms with Crippen molar-refractivity contribution in [2.24, 2.45) is 0 Å². The van der Waals surface area contributed by atoms with Gasteiger partial charge in [0.05, 0.1) is 29.3 Å². The Morgan fingerprint density at radius 3 is 2.62 bits per heavy atom. The maximum atomic E-state index is 12.5. The second-order valence-corrected chi connectivity index (χ2v) is 6.65. The SMILES string of the molecule is COc1ccccc1C(=O)Nc1nn(Cc2ccc(Cl)c(Cl)c2)cc1Cl. The first kappa shape index (κ1) is 18.6. The Labute approximate surface area is 165 Å². The van der Waals surface area contributed by atoms with Crippen molar-refractivity contribution in [2.75, 3.05) is 12.4 Å². The van der Waals surface area contributed by atoms with Crippen molar-refractivity contribution < 1.29 is 9.53 Å². The molecule has 26 heavy (non-hydrogen) atoms. The van der Waals surface area contributed by atoms with Crippen LogP contribution in [0.5, 0.6) is 5.75 Å². The minimum absolute atomic E-state index is 0.266. The zero-order chi connectivity index (χ0) is 18.7. The van der Waals surface area contributed by atoms with E-state index in [0.717, 1.165) is 5.56 Å². The van der Waals surface area contributed by atoms with E-state index in [1.807, 2.05) is 6.07 Å². The van der Waals surface area contributed by atoms with Gasteiger partial charge in [0.25, 0.3) is 5.91 Å². The lowest BCUT2D eigenvalue weighted by molar-refractivity contribution is 0.102. The topological polar surface area (TPSA) is 56.1 Å². The minimum Gasteiger partial charge on any atom is -0.496 e. The number of hydrogen-bond donors (Lipinski definition) is 1. The van der Waals surface area contributed by atoms with Crippen LogP contribution in [0.25, 0.3) is 0 Å². The fourth-order valence-electron chi connectivity index (χ4n) is 2.39. The maximum absolute atomic E-state index is 12.5. The molecule has 3 aromatic rings. The average Bonchev–Trinajstić information content (AvgIpc) is 2.97. The van der Waals surface area contributed by atoms with Crippen molar-refractivity contribution in [3.05, 3.63) is 74.9 Å². The maximum Gasteiger partial charge on any atom is 0.260 e. The molecule has 8 heteroatoms. The Morgan fingerprint density at radius 2 is 1.88 bits per heavy atom. The molecule has 1 aromatic heterocycles. The van der Waals surface area contributed by atoms with Crippen LogP contribution >= 0.6 is 34.8 Å². The number of methoxy groups -OCH3 is 1. The number of halogens is 3. The van der Waals surface area contributed by atoms with Crippen molar-refractivity contribution in [3.8, 4) is 5.75 Å². The Bertz CT molecular complexity index is 957. The van der Waals surface area contributed by atoms with Gasteiger partial charge in [-0.15, -0.1) is 0 Å². The van der Waals surface area contributed by atoms with E-state index in [1.165, 1.54) is 7.11 Å². The van der Waals surface area contributed by atoms with Crippen LogP contribution in [0.15, 0.2) is 48.7 Å². The number of nitrogens with one attached hydrogen (secondary N) is 1. The van der Waals surface area contributed by atoms with Crippen LogP contribution in [0.3, 0.4) is 0 Å². The second-order valence-electron chi connectivity index (χ2n) is 5.43. The molecule has 0 fully saturated rings. The molecule has 1 N–H and O–H groups in total. The molecule has 2 aromatic carbocycles. The number of benzene rings is 2. The van der Waals surface area contributed by atoms with Gasteiger partial charge in [-0.25, -0.2) is 0 Å². The lowest BCUT2D eigenvalue weighted by Gasteiger charge is -2.07. The summed E-state index contributed by atoms with van der Waals surface area (Å²) < 4.78 is 6.81. The standard InChI is InChI=1S/C18H14Cl3N3O2/c1-26-16-5-3-2-4-12(16)18(25)22-17-15(21)10-24(23-17)9-11-6-7-13(19)14(20)8-11/h2-8,10H,9H2,1H3,(H,22,23,25). The number of amides is 1. The first-order valence-electron chi connectivity index (χ1n) is 7.59. The summed E-state index contributed by atoms with van der Waals surface area (Å²) in [6.45, 7) is 0.432. The highest BCUT2D eigenvalue weighted by Gasteiger charge is 2.15. The van der Waals surface area contributed by atoms with E-state index in [2.05, 4.69) is 10.4 Å². The van der Waals surface area contributed by atoms with E-state index < -0.39 is 0 Å². The van der Waals surface area contributed by atoms with E-state index in [-0.39, 0.29) is 11.7 Å². The van der Waals surface area contributed by atoms with Gasteiger partial charge < -0.3 is 10.1 Å². The van der Waals surface area contributed by atoms with E-state index >= 15 is 0 Å². The van der Waals surface area contributed by atoms with Crippen LogP contribution in [0, 0.1) is 0 Å². The summed E-state index contributed by atoms with van der Waals surface area (Å²) in [5.41, 5.74) is 1.30. The summed E-state index contributed by atoms with van der Waals surface area (Å²) in [7, 11) is 1.51. The quantitative estimate of drug-likeness (QED) is 0.632. The van der Waals surface area contributed by atoms with Crippen LogP contribution < -0.4 is 10.1 Å². The Kier molecular flexibility index (Phi) is 5.71. The number of hydrogen-bond acceptors (Lipinski definition) is 3. The largest absolute Gasteiger partial charge is 0.496 e. The van der Waals surface area contributed by atoms with Crippen LogP contribution in [0.1, 0.15) is 15.9 Å². The highest BCUT2D eigenvalue weighted by atomic mass is 35.5. The summed E-state index contributed by atoms with van der Waals surface area (Å²) in [4.78, 5) is 12.5. The predicted octanol–water partition coefficient (Wildman–Crippen LogP) is 5.15. The predicted molar refractivity (Wildman–Crippen MR) is 104 cm³/mol. The number of rotatable bonds is 5.